The number of aryl methyl sites for hydroxylation is 1. The monoisotopic (exact) mass is 324 g/mol. The van der Waals surface area contributed by atoms with Gasteiger partial charge in [0.1, 0.15) is 11.3 Å². The van der Waals surface area contributed by atoms with Crippen LogP contribution in [0.4, 0.5) is 11.4 Å². The van der Waals surface area contributed by atoms with Crippen LogP contribution < -0.4 is 15.0 Å². The number of benzene rings is 2. The minimum atomic E-state index is -0.984. The van der Waals surface area contributed by atoms with Crippen molar-refractivity contribution in [2.75, 3.05) is 16.8 Å². The topological polar surface area (TPSA) is 58.6 Å². The molecule has 124 valence electrons. The number of fused-ring (bicyclic) bond motifs is 1. The minimum absolute atomic E-state index is 0.131. The van der Waals surface area contributed by atoms with Crippen molar-refractivity contribution in [3.63, 3.8) is 0 Å². The van der Waals surface area contributed by atoms with E-state index in [9.17, 15) is 9.59 Å². The van der Waals surface area contributed by atoms with E-state index in [0.717, 1.165) is 5.56 Å². The van der Waals surface area contributed by atoms with Crippen LogP contribution >= 0.6 is 0 Å². The third-order valence-corrected chi connectivity index (χ3v) is 4.14. The molecule has 0 radical (unpaired) electrons. The Morgan fingerprint density at radius 2 is 1.79 bits per heavy atom. The van der Waals surface area contributed by atoms with Crippen LogP contribution in [-0.4, -0.2) is 24.0 Å². The van der Waals surface area contributed by atoms with Crippen molar-refractivity contribution in [3.05, 3.63) is 54.1 Å². The first-order valence-electron chi connectivity index (χ1n) is 7.82. The predicted octanol–water partition coefficient (Wildman–Crippen LogP) is 3.14. The molecular weight excluding hydrogens is 304 g/mol. The van der Waals surface area contributed by atoms with Gasteiger partial charge in [0.25, 0.3) is 5.91 Å². The molecule has 0 fully saturated rings. The van der Waals surface area contributed by atoms with Crippen LogP contribution in [0.25, 0.3) is 0 Å². The summed E-state index contributed by atoms with van der Waals surface area (Å²) in [7, 11) is 0. The summed E-state index contributed by atoms with van der Waals surface area (Å²) in [4.78, 5) is 26.7. The molecule has 1 heterocycles. The van der Waals surface area contributed by atoms with E-state index < -0.39 is 5.54 Å². The van der Waals surface area contributed by atoms with Crippen LogP contribution in [0.15, 0.2) is 48.5 Å². The smallest absolute Gasteiger partial charge is 0.265 e. The number of carbonyl (C=O) groups excluding carboxylic acids is 2. The molecule has 1 aliphatic heterocycles. The third kappa shape index (κ3) is 2.85. The molecule has 2 aromatic rings. The van der Waals surface area contributed by atoms with Gasteiger partial charge in [0.2, 0.25) is 5.91 Å². The van der Waals surface area contributed by atoms with Gasteiger partial charge >= 0.3 is 0 Å². The molecule has 2 aromatic carbocycles. The number of hydrogen-bond acceptors (Lipinski definition) is 3. The van der Waals surface area contributed by atoms with E-state index in [0.29, 0.717) is 17.1 Å². The van der Waals surface area contributed by atoms with Gasteiger partial charge in [-0.05, 0) is 45.0 Å². The van der Waals surface area contributed by atoms with E-state index in [-0.39, 0.29) is 18.4 Å². The second kappa shape index (κ2) is 6.00. The molecule has 0 saturated carbocycles. The zero-order chi connectivity index (χ0) is 17.3. The van der Waals surface area contributed by atoms with E-state index in [1.165, 1.54) is 4.90 Å². The lowest BCUT2D eigenvalue weighted by Gasteiger charge is -2.41. The summed E-state index contributed by atoms with van der Waals surface area (Å²) >= 11 is 0. The summed E-state index contributed by atoms with van der Waals surface area (Å²) in [5.74, 6) is 0.147. The van der Waals surface area contributed by atoms with Crippen LogP contribution in [0.1, 0.15) is 19.4 Å². The van der Waals surface area contributed by atoms with E-state index >= 15 is 0 Å². The van der Waals surface area contributed by atoms with Gasteiger partial charge in [0.15, 0.2) is 6.61 Å². The van der Waals surface area contributed by atoms with Gasteiger partial charge < -0.3 is 10.1 Å². The lowest BCUT2D eigenvalue weighted by Crippen LogP contribution is -2.59. The lowest BCUT2D eigenvalue weighted by atomic mass is 9.96. The summed E-state index contributed by atoms with van der Waals surface area (Å²) in [6.45, 7) is 5.30. The maximum absolute atomic E-state index is 12.8. The molecule has 0 atom stereocenters. The van der Waals surface area contributed by atoms with Gasteiger partial charge in [-0.1, -0.05) is 29.8 Å². The second-order valence-corrected chi connectivity index (χ2v) is 6.36. The average molecular weight is 324 g/mol. The molecule has 24 heavy (non-hydrogen) atoms. The highest BCUT2D eigenvalue weighted by Gasteiger charge is 2.43. The maximum atomic E-state index is 12.8. The van der Waals surface area contributed by atoms with Crippen LogP contribution in [0.5, 0.6) is 5.75 Å². The molecule has 0 unspecified atom stereocenters. The van der Waals surface area contributed by atoms with Gasteiger partial charge in [0.05, 0.1) is 11.4 Å². The zero-order valence-electron chi connectivity index (χ0n) is 14.0. The molecular formula is C19H20N2O3. The van der Waals surface area contributed by atoms with Crippen LogP contribution in [0.3, 0.4) is 0 Å². The molecule has 0 aromatic heterocycles. The molecule has 0 saturated heterocycles. The summed E-state index contributed by atoms with van der Waals surface area (Å²) < 4.78 is 5.60. The van der Waals surface area contributed by atoms with Crippen LogP contribution in [0, 0.1) is 6.92 Å². The van der Waals surface area contributed by atoms with Crippen molar-refractivity contribution in [1.82, 2.24) is 0 Å². The van der Waals surface area contributed by atoms with Crippen LogP contribution in [0.2, 0.25) is 0 Å². The Morgan fingerprint density at radius 3 is 2.50 bits per heavy atom. The standard InChI is InChI=1S/C19H20N2O3/c1-13-8-10-14(11-9-13)24-12-17(22)21-16-7-5-4-6-15(16)20-18(23)19(21,2)3/h4-11H,12H2,1-3H3,(H,20,23). The highest BCUT2D eigenvalue weighted by Crippen LogP contribution is 2.36. The predicted molar refractivity (Wildman–Crippen MR) is 93.3 cm³/mol. The number of anilines is 2. The van der Waals surface area contributed by atoms with Gasteiger partial charge in [-0.15, -0.1) is 0 Å². The Balaban J connectivity index is 1.84. The van der Waals surface area contributed by atoms with Gasteiger partial charge in [-0.3, -0.25) is 14.5 Å². The fourth-order valence-electron chi connectivity index (χ4n) is 2.74. The number of hydrogen-bond donors (Lipinski definition) is 1. The molecule has 5 heteroatoms. The summed E-state index contributed by atoms with van der Waals surface area (Å²) in [5.41, 5.74) is 1.45. The van der Waals surface area contributed by atoms with Crippen molar-refractivity contribution < 1.29 is 14.3 Å². The number of carbonyl (C=O) groups is 2. The van der Waals surface area contributed by atoms with Crippen LogP contribution in [-0.2, 0) is 9.59 Å². The summed E-state index contributed by atoms with van der Waals surface area (Å²) in [6, 6.07) is 14.8. The van der Waals surface area contributed by atoms with Crippen molar-refractivity contribution in [3.8, 4) is 5.75 Å². The third-order valence-electron chi connectivity index (χ3n) is 4.14. The minimum Gasteiger partial charge on any atom is -0.484 e. The van der Waals surface area contributed by atoms with Crippen molar-refractivity contribution in [2.24, 2.45) is 0 Å². The zero-order valence-corrected chi connectivity index (χ0v) is 14.0. The van der Waals surface area contributed by atoms with Gasteiger partial charge in [-0.25, -0.2) is 0 Å². The van der Waals surface area contributed by atoms with Crippen molar-refractivity contribution in [1.29, 1.82) is 0 Å². The molecule has 2 amide bonds. The Labute approximate surface area is 141 Å². The van der Waals surface area contributed by atoms with E-state index in [4.69, 9.17) is 4.74 Å². The molecule has 0 spiro atoms. The van der Waals surface area contributed by atoms with Crippen molar-refractivity contribution >= 4 is 23.2 Å². The fraction of sp³-hybridized carbons (Fsp3) is 0.263. The Hall–Kier alpha value is -2.82. The highest BCUT2D eigenvalue weighted by atomic mass is 16.5. The number of para-hydroxylation sites is 2. The van der Waals surface area contributed by atoms with E-state index in [2.05, 4.69) is 5.32 Å². The molecule has 1 aliphatic rings. The first-order chi connectivity index (χ1) is 11.4. The first kappa shape index (κ1) is 16.1. The summed E-state index contributed by atoms with van der Waals surface area (Å²) in [6.07, 6.45) is 0. The molecule has 3 rings (SSSR count). The largest absolute Gasteiger partial charge is 0.484 e. The lowest BCUT2D eigenvalue weighted by molar-refractivity contribution is -0.127. The van der Waals surface area contributed by atoms with Gasteiger partial charge in [0, 0.05) is 0 Å². The van der Waals surface area contributed by atoms with E-state index in [1.807, 2.05) is 49.4 Å². The normalized spacial score (nSPS) is 15.5. The molecule has 0 bridgehead atoms. The van der Waals surface area contributed by atoms with Gasteiger partial charge in [-0.2, -0.15) is 0 Å². The molecule has 1 N–H and O–H groups in total. The van der Waals surface area contributed by atoms with Crippen molar-refractivity contribution in [2.45, 2.75) is 26.3 Å². The van der Waals surface area contributed by atoms with E-state index in [1.54, 1.807) is 19.9 Å². The first-order valence-corrected chi connectivity index (χ1v) is 7.82. The highest BCUT2D eigenvalue weighted by molar-refractivity contribution is 6.14. The summed E-state index contributed by atoms with van der Waals surface area (Å²) in [5, 5.41) is 2.84. The Bertz CT molecular complexity index is 781. The SMILES string of the molecule is Cc1ccc(OCC(=O)N2c3ccccc3NC(=O)C2(C)C)cc1. The number of nitrogens with one attached hydrogen (secondary N) is 1. The average Bonchev–Trinajstić information content (AvgIpc) is 2.55. The number of ether oxygens (including phenoxy) is 1. The Morgan fingerprint density at radius 1 is 1.12 bits per heavy atom. The number of rotatable bonds is 3. The number of nitrogens with zero attached hydrogens (tertiary/aromatic N) is 1. The quantitative estimate of drug-likeness (QED) is 0.943. The Kier molecular flexibility index (Phi) is 4.01. The fourth-order valence-corrected chi connectivity index (χ4v) is 2.74. The molecule has 0 aliphatic carbocycles. The number of amides is 2. The second-order valence-electron chi connectivity index (χ2n) is 6.36. The maximum Gasteiger partial charge on any atom is 0.265 e. The molecule has 5 nitrogen and oxygen atoms in total.